The van der Waals surface area contributed by atoms with Gasteiger partial charge in [-0.15, -0.1) is 0 Å². The normalized spacial score (nSPS) is 25.8. The van der Waals surface area contributed by atoms with Crippen LogP contribution in [0.15, 0.2) is 24.3 Å². The second-order valence-corrected chi connectivity index (χ2v) is 8.03. The summed E-state index contributed by atoms with van der Waals surface area (Å²) < 4.78 is 19.3. The van der Waals surface area contributed by atoms with Crippen molar-refractivity contribution in [3.63, 3.8) is 0 Å². The van der Waals surface area contributed by atoms with Gasteiger partial charge >= 0.3 is 0 Å². The summed E-state index contributed by atoms with van der Waals surface area (Å²) >= 11 is 0. The summed E-state index contributed by atoms with van der Waals surface area (Å²) in [7, 11) is 0. The molecule has 1 saturated heterocycles. The van der Waals surface area contributed by atoms with Crippen molar-refractivity contribution < 1.29 is 9.13 Å². The van der Waals surface area contributed by atoms with Gasteiger partial charge in [0.15, 0.2) is 0 Å². The second kappa shape index (κ2) is 5.06. The summed E-state index contributed by atoms with van der Waals surface area (Å²) in [5.74, 6) is 0.0429. The van der Waals surface area contributed by atoms with Crippen molar-refractivity contribution in [3.8, 4) is 0 Å². The Bertz CT molecular complexity index is 504. The first-order chi connectivity index (χ1) is 9.46. The van der Waals surface area contributed by atoms with E-state index in [4.69, 9.17) is 10.5 Å². The smallest absolute Gasteiger partial charge is 0.123 e. The van der Waals surface area contributed by atoms with E-state index in [2.05, 4.69) is 41.5 Å². The molecule has 1 aromatic carbocycles. The Morgan fingerprint density at radius 3 is 2.14 bits per heavy atom. The Kier molecular flexibility index (Phi) is 3.96. The molecule has 1 aliphatic heterocycles. The predicted molar refractivity (Wildman–Crippen MR) is 84.8 cm³/mol. The van der Waals surface area contributed by atoms with Crippen LogP contribution in [0.5, 0.6) is 0 Å². The SMILES string of the molecule is CC1(C)CC(C(N)C(C)(C)c2ccc(F)cc2)C(C)(C)O1. The molecule has 1 aromatic rings. The third-order valence-corrected chi connectivity index (χ3v) is 5.00. The molecule has 2 unspecified atom stereocenters. The topological polar surface area (TPSA) is 35.2 Å². The van der Waals surface area contributed by atoms with Crippen LogP contribution in [0, 0.1) is 11.7 Å². The van der Waals surface area contributed by atoms with Crippen LogP contribution in [-0.2, 0) is 10.2 Å². The Hall–Kier alpha value is -0.930. The summed E-state index contributed by atoms with van der Waals surface area (Å²) in [4.78, 5) is 0. The minimum Gasteiger partial charge on any atom is -0.369 e. The molecule has 2 atom stereocenters. The third-order valence-electron chi connectivity index (χ3n) is 5.00. The van der Waals surface area contributed by atoms with Gasteiger partial charge in [-0.1, -0.05) is 26.0 Å². The van der Waals surface area contributed by atoms with Gasteiger partial charge in [0.1, 0.15) is 5.82 Å². The fourth-order valence-electron chi connectivity index (χ4n) is 3.74. The van der Waals surface area contributed by atoms with Crippen LogP contribution in [0.1, 0.15) is 53.5 Å². The highest BCUT2D eigenvalue weighted by molar-refractivity contribution is 5.27. The van der Waals surface area contributed by atoms with Crippen molar-refractivity contribution in [2.75, 3.05) is 0 Å². The molecule has 2 nitrogen and oxygen atoms in total. The molecule has 1 fully saturated rings. The van der Waals surface area contributed by atoms with Crippen molar-refractivity contribution in [3.05, 3.63) is 35.6 Å². The second-order valence-electron chi connectivity index (χ2n) is 8.03. The molecule has 3 heteroatoms. The van der Waals surface area contributed by atoms with E-state index in [9.17, 15) is 4.39 Å². The maximum atomic E-state index is 13.2. The summed E-state index contributed by atoms with van der Waals surface area (Å²) in [5.41, 5.74) is 7.08. The summed E-state index contributed by atoms with van der Waals surface area (Å²) in [5, 5.41) is 0. The van der Waals surface area contributed by atoms with Crippen LogP contribution in [0.3, 0.4) is 0 Å². The lowest BCUT2D eigenvalue weighted by molar-refractivity contribution is -0.0784. The molecule has 0 spiro atoms. The molecule has 0 aromatic heterocycles. The zero-order valence-electron chi connectivity index (χ0n) is 14.0. The molecule has 1 aliphatic rings. The first-order valence-electron chi connectivity index (χ1n) is 7.67. The number of benzene rings is 1. The highest BCUT2D eigenvalue weighted by atomic mass is 19.1. The van der Waals surface area contributed by atoms with Crippen LogP contribution in [0.25, 0.3) is 0 Å². The van der Waals surface area contributed by atoms with E-state index in [1.54, 1.807) is 0 Å². The van der Waals surface area contributed by atoms with Crippen LogP contribution in [0.2, 0.25) is 0 Å². The van der Waals surface area contributed by atoms with Crippen molar-refractivity contribution in [1.29, 1.82) is 0 Å². The number of hydrogen-bond donors (Lipinski definition) is 1. The Labute approximate surface area is 127 Å². The first kappa shape index (κ1) is 16.4. The van der Waals surface area contributed by atoms with Crippen molar-refractivity contribution in [2.45, 2.75) is 70.6 Å². The maximum absolute atomic E-state index is 13.2. The number of ether oxygens (including phenoxy) is 1. The Balaban J connectivity index is 2.30. The summed E-state index contributed by atoms with van der Waals surface area (Å²) in [6.07, 6.45) is 0.936. The lowest BCUT2D eigenvalue weighted by atomic mass is 9.68. The molecular weight excluding hydrogens is 265 g/mol. The molecule has 0 saturated carbocycles. The van der Waals surface area contributed by atoms with Gasteiger partial charge in [-0.2, -0.15) is 0 Å². The molecule has 2 N–H and O–H groups in total. The highest BCUT2D eigenvalue weighted by Gasteiger charge is 2.51. The van der Waals surface area contributed by atoms with E-state index in [0.29, 0.717) is 0 Å². The van der Waals surface area contributed by atoms with Gasteiger partial charge in [-0.3, -0.25) is 0 Å². The minimum absolute atomic E-state index is 0.0558. The van der Waals surface area contributed by atoms with E-state index in [0.717, 1.165) is 12.0 Å². The quantitative estimate of drug-likeness (QED) is 0.913. The highest BCUT2D eigenvalue weighted by Crippen LogP contribution is 2.46. The van der Waals surface area contributed by atoms with E-state index in [1.807, 2.05) is 12.1 Å². The molecule has 0 radical (unpaired) electrons. The lowest BCUT2D eigenvalue weighted by Crippen LogP contribution is -2.51. The number of halogens is 1. The average molecular weight is 293 g/mol. The van der Waals surface area contributed by atoms with Gasteiger partial charge in [0.05, 0.1) is 11.2 Å². The Morgan fingerprint density at radius 1 is 1.19 bits per heavy atom. The largest absolute Gasteiger partial charge is 0.369 e. The molecule has 0 amide bonds. The zero-order chi connectivity index (χ0) is 16.1. The minimum atomic E-state index is -0.250. The Morgan fingerprint density at radius 2 is 1.71 bits per heavy atom. The fourth-order valence-corrected chi connectivity index (χ4v) is 3.74. The molecule has 118 valence electrons. The standard InChI is InChI=1S/C18H28FNO/c1-16(2)11-14(18(5,6)21-16)15(20)17(3,4)12-7-9-13(19)10-8-12/h7-10,14-15H,11,20H2,1-6H3. The first-order valence-corrected chi connectivity index (χ1v) is 7.67. The van der Waals surface area contributed by atoms with Gasteiger partial charge in [0.2, 0.25) is 0 Å². The van der Waals surface area contributed by atoms with E-state index < -0.39 is 0 Å². The van der Waals surface area contributed by atoms with Crippen LogP contribution in [-0.4, -0.2) is 17.2 Å². The molecule has 0 bridgehead atoms. The monoisotopic (exact) mass is 293 g/mol. The van der Waals surface area contributed by atoms with Gasteiger partial charge in [0, 0.05) is 17.4 Å². The predicted octanol–water partition coefficient (Wildman–Crippen LogP) is 4.02. The molecule has 21 heavy (non-hydrogen) atoms. The van der Waals surface area contributed by atoms with Gasteiger partial charge in [-0.25, -0.2) is 4.39 Å². The molecule has 1 heterocycles. The molecule has 2 rings (SSSR count). The van der Waals surface area contributed by atoms with Gasteiger partial charge in [-0.05, 0) is 51.8 Å². The number of hydrogen-bond acceptors (Lipinski definition) is 2. The van der Waals surface area contributed by atoms with Gasteiger partial charge < -0.3 is 10.5 Å². The van der Waals surface area contributed by atoms with Crippen LogP contribution < -0.4 is 5.73 Å². The molecule has 0 aliphatic carbocycles. The van der Waals surface area contributed by atoms with Gasteiger partial charge in [0.25, 0.3) is 0 Å². The van der Waals surface area contributed by atoms with Crippen molar-refractivity contribution >= 4 is 0 Å². The number of rotatable bonds is 3. The van der Waals surface area contributed by atoms with Crippen molar-refractivity contribution in [1.82, 2.24) is 0 Å². The van der Waals surface area contributed by atoms with E-state index >= 15 is 0 Å². The summed E-state index contributed by atoms with van der Waals surface area (Å²) in [6, 6.07) is 6.63. The maximum Gasteiger partial charge on any atom is 0.123 e. The lowest BCUT2D eigenvalue weighted by Gasteiger charge is -2.40. The number of nitrogens with two attached hydrogens (primary N) is 1. The van der Waals surface area contributed by atoms with Crippen molar-refractivity contribution in [2.24, 2.45) is 11.7 Å². The van der Waals surface area contributed by atoms with E-state index in [-0.39, 0.29) is 34.4 Å². The van der Waals surface area contributed by atoms with Crippen LogP contribution in [0.4, 0.5) is 4.39 Å². The van der Waals surface area contributed by atoms with Crippen LogP contribution >= 0.6 is 0 Å². The third kappa shape index (κ3) is 3.14. The fraction of sp³-hybridized carbons (Fsp3) is 0.667. The zero-order valence-corrected chi connectivity index (χ0v) is 14.0. The van der Waals surface area contributed by atoms with E-state index in [1.165, 1.54) is 12.1 Å². The average Bonchev–Trinajstić information content (AvgIpc) is 2.56. The summed E-state index contributed by atoms with van der Waals surface area (Å²) in [6.45, 7) is 12.7. The molecular formula is C18H28FNO.